The number of halogens is 2. The first kappa shape index (κ1) is 13.6. The molecular weight excluding hydrogens is 237 g/mol. The third-order valence-electron chi connectivity index (χ3n) is 1.62. The van der Waals surface area contributed by atoms with Crippen molar-refractivity contribution in [2.24, 2.45) is 0 Å². The molecule has 0 atom stereocenters. The topological polar surface area (TPSA) is 58.9 Å². The van der Waals surface area contributed by atoms with Crippen LogP contribution in [0, 0.1) is 0 Å². The second kappa shape index (κ2) is 6.16. The van der Waals surface area contributed by atoms with E-state index in [-0.39, 0.29) is 30.6 Å². The minimum Gasteiger partial charge on any atom is -0.506 e. The predicted octanol–water partition coefficient (Wildman–Crippen LogP) is 2.09. The normalized spacial score (nSPS) is 8.53. The van der Waals surface area contributed by atoms with Crippen molar-refractivity contribution in [2.75, 3.05) is 0 Å². The van der Waals surface area contributed by atoms with Gasteiger partial charge >= 0.3 is 0 Å². The van der Waals surface area contributed by atoms with E-state index in [1.807, 2.05) is 0 Å². The lowest BCUT2D eigenvalue weighted by Gasteiger charge is -1.98. The van der Waals surface area contributed by atoms with Crippen molar-refractivity contribution in [3.8, 4) is 16.9 Å². The molecule has 0 aliphatic carbocycles. The molecule has 0 amide bonds. The molecule has 0 aromatic carbocycles. The number of hydrogen-bond donors (Lipinski definition) is 1. The molecule has 15 heavy (non-hydrogen) atoms. The zero-order valence-electron chi connectivity index (χ0n) is 7.57. The van der Waals surface area contributed by atoms with Gasteiger partial charge in [-0.05, 0) is 6.07 Å². The van der Waals surface area contributed by atoms with Gasteiger partial charge in [0, 0.05) is 29.7 Å². The molecular formula is C9H9Cl2N3O. The van der Waals surface area contributed by atoms with Gasteiger partial charge in [0.15, 0.2) is 0 Å². The summed E-state index contributed by atoms with van der Waals surface area (Å²) in [5.74, 6) is 0.140. The van der Waals surface area contributed by atoms with Crippen molar-refractivity contribution in [3.05, 3.63) is 37.2 Å². The van der Waals surface area contributed by atoms with Crippen molar-refractivity contribution in [2.45, 2.75) is 0 Å². The standard InChI is InChI=1S/C9H7N3O.2ClH/c13-9-1-7(2-10-5-9)8-3-11-6-12-4-8;;/h1-6,13H;2*1H. The van der Waals surface area contributed by atoms with Gasteiger partial charge in [0.2, 0.25) is 0 Å². The molecule has 80 valence electrons. The van der Waals surface area contributed by atoms with E-state index in [2.05, 4.69) is 15.0 Å². The number of rotatable bonds is 1. The summed E-state index contributed by atoms with van der Waals surface area (Å²) in [6.45, 7) is 0. The molecule has 0 bridgehead atoms. The van der Waals surface area contributed by atoms with Gasteiger partial charge in [-0.1, -0.05) is 0 Å². The van der Waals surface area contributed by atoms with Gasteiger partial charge in [-0.2, -0.15) is 0 Å². The Balaban J connectivity index is 0.000000980. The van der Waals surface area contributed by atoms with Crippen LogP contribution in [0.4, 0.5) is 0 Å². The molecule has 2 aromatic rings. The molecule has 1 N–H and O–H groups in total. The summed E-state index contributed by atoms with van der Waals surface area (Å²) in [6.07, 6.45) is 7.83. The fourth-order valence-corrected chi connectivity index (χ4v) is 1.03. The fourth-order valence-electron chi connectivity index (χ4n) is 1.03. The first-order chi connectivity index (χ1) is 6.36. The molecule has 2 aromatic heterocycles. The van der Waals surface area contributed by atoms with E-state index >= 15 is 0 Å². The van der Waals surface area contributed by atoms with Crippen LogP contribution in [0.3, 0.4) is 0 Å². The summed E-state index contributed by atoms with van der Waals surface area (Å²) in [6, 6.07) is 1.62. The third kappa shape index (κ3) is 3.34. The number of nitrogens with zero attached hydrogens (tertiary/aromatic N) is 3. The summed E-state index contributed by atoms with van der Waals surface area (Å²) in [7, 11) is 0. The second-order valence-corrected chi connectivity index (χ2v) is 2.56. The zero-order chi connectivity index (χ0) is 9.10. The lowest BCUT2D eigenvalue weighted by atomic mass is 10.1. The van der Waals surface area contributed by atoms with Crippen molar-refractivity contribution in [1.29, 1.82) is 0 Å². The summed E-state index contributed by atoms with van der Waals surface area (Å²) in [5.41, 5.74) is 1.64. The molecule has 0 fully saturated rings. The molecule has 0 aliphatic heterocycles. The van der Waals surface area contributed by atoms with Crippen LogP contribution in [0.15, 0.2) is 37.2 Å². The maximum atomic E-state index is 9.17. The molecule has 0 spiro atoms. The number of hydrogen-bond acceptors (Lipinski definition) is 4. The van der Waals surface area contributed by atoms with E-state index in [0.717, 1.165) is 11.1 Å². The Morgan fingerprint density at radius 3 is 2.00 bits per heavy atom. The lowest BCUT2D eigenvalue weighted by Crippen LogP contribution is -1.82. The van der Waals surface area contributed by atoms with Crippen LogP contribution in [0.25, 0.3) is 11.1 Å². The molecule has 0 saturated heterocycles. The number of pyridine rings is 1. The fraction of sp³-hybridized carbons (Fsp3) is 0. The summed E-state index contributed by atoms with van der Waals surface area (Å²) in [5, 5.41) is 9.17. The van der Waals surface area contributed by atoms with Gasteiger partial charge < -0.3 is 5.11 Å². The van der Waals surface area contributed by atoms with Crippen LogP contribution in [0.1, 0.15) is 0 Å². The largest absolute Gasteiger partial charge is 0.506 e. The average Bonchev–Trinajstić information content (AvgIpc) is 2.19. The average molecular weight is 246 g/mol. The minimum atomic E-state index is 0. The van der Waals surface area contributed by atoms with Crippen LogP contribution < -0.4 is 0 Å². The highest BCUT2D eigenvalue weighted by Crippen LogP contribution is 2.19. The monoisotopic (exact) mass is 245 g/mol. The van der Waals surface area contributed by atoms with Gasteiger partial charge in [0.1, 0.15) is 12.1 Å². The van der Waals surface area contributed by atoms with Gasteiger partial charge in [-0.3, -0.25) is 4.98 Å². The van der Waals surface area contributed by atoms with Crippen LogP contribution in [0.2, 0.25) is 0 Å². The minimum absolute atomic E-state index is 0. The third-order valence-corrected chi connectivity index (χ3v) is 1.62. The number of aromatic nitrogens is 3. The molecule has 0 saturated carbocycles. The quantitative estimate of drug-likeness (QED) is 0.836. The second-order valence-electron chi connectivity index (χ2n) is 2.56. The molecule has 6 heteroatoms. The van der Waals surface area contributed by atoms with Crippen LogP contribution in [-0.4, -0.2) is 20.1 Å². The van der Waals surface area contributed by atoms with Crippen LogP contribution >= 0.6 is 24.8 Å². The van der Waals surface area contributed by atoms with E-state index in [9.17, 15) is 5.11 Å². The van der Waals surface area contributed by atoms with Gasteiger partial charge in [-0.15, -0.1) is 24.8 Å². The lowest BCUT2D eigenvalue weighted by molar-refractivity contribution is 0.473. The predicted molar refractivity (Wildman–Crippen MR) is 61.4 cm³/mol. The van der Waals surface area contributed by atoms with Gasteiger partial charge in [0.05, 0.1) is 6.20 Å². The Kier molecular flexibility index (Phi) is 5.59. The van der Waals surface area contributed by atoms with Gasteiger partial charge in [0.25, 0.3) is 0 Å². The van der Waals surface area contributed by atoms with Crippen molar-refractivity contribution >= 4 is 24.8 Å². The maximum Gasteiger partial charge on any atom is 0.134 e. The Morgan fingerprint density at radius 1 is 0.800 bits per heavy atom. The van der Waals surface area contributed by atoms with Crippen LogP contribution in [0.5, 0.6) is 5.75 Å². The summed E-state index contributed by atoms with van der Waals surface area (Å²) >= 11 is 0. The Hall–Kier alpha value is -1.39. The van der Waals surface area contributed by atoms with E-state index in [0.29, 0.717) is 0 Å². The summed E-state index contributed by atoms with van der Waals surface area (Å²) in [4.78, 5) is 11.6. The molecule has 2 heterocycles. The first-order valence-electron chi connectivity index (χ1n) is 3.75. The van der Waals surface area contributed by atoms with E-state index in [1.165, 1.54) is 12.5 Å². The van der Waals surface area contributed by atoms with E-state index < -0.39 is 0 Å². The van der Waals surface area contributed by atoms with Crippen molar-refractivity contribution < 1.29 is 5.11 Å². The molecule has 2 rings (SSSR count). The highest BCUT2D eigenvalue weighted by molar-refractivity contribution is 5.85. The van der Waals surface area contributed by atoms with Crippen LogP contribution in [-0.2, 0) is 0 Å². The summed E-state index contributed by atoms with van der Waals surface area (Å²) < 4.78 is 0. The Labute approximate surface area is 99.2 Å². The van der Waals surface area contributed by atoms with Crippen molar-refractivity contribution in [3.63, 3.8) is 0 Å². The van der Waals surface area contributed by atoms with Gasteiger partial charge in [-0.25, -0.2) is 9.97 Å². The van der Waals surface area contributed by atoms with Crippen molar-refractivity contribution in [1.82, 2.24) is 15.0 Å². The SMILES string of the molecule is Cl.Cl.Oc1cncc(-c2cncnc2)c1. The molecule has 4 nitrogen and oxygen atoms in total. The Bertz CT molecular complexity index is 411. The highest BCUT2D eigenvalue weighted by Gasteiger charge is 1.98. The first-order valence-corrected chi connectivity index (χ1v) is 3.75. The maximum absolute atomic E-state index is 9.17. The Morgan fingerprint density at radius 2 is 1.40 bits per heavy atom. The molecule has 0 unspecified atom stereocenters. The number of aromatic hydroxyl groups is 1. The smallest absolute Gasteiger partial charge is 0.134 e. The molecule has 0 aliphatic rings. The highest BCUT2D eigenvalue weighted by atomic mass is 35.5. The molecule has 0 radical (unpaired) electrons. The van der Waals surface area contributed by atoms with E-state index in [1.54, 1.807) is 24.7 Å². The van der Waals surface area contributed by atoms with E-state index in [4.69, 9.17) is 0 Å². The zero-order valence-corrected chi connectivity index (χ0v) is 9.20.